The van der Waals surface area contributed by atoms with Crippen molar-refractivity contribution in [2.45, 2.75) is 24.8 Å². The van der Waals surface area contributed by atoms with Gasteiger partial charge in [0.15, 0.2) is 5.01 Å². The van der Waals surface area contributed by atoms with E-state index in [1.807, 2.05) is 47.2 Å². The highest BCUT2D eigenvalue weighted by Gasteiger charge is 2.43. The van der Waals surface area contributed by atoms with Gasteiger partial charge in [-0.2, -0.15) is 5.26 Å². The Hall–Kier alpha value is -2.58. The van der Waals surface area contributed by atoms with Crippen LogP contribution in [-0.4, -0.2) is 57.0 Å². The number of pyridine rings is 2. The number of nitriles is 1. The second-order valence-corrected chi connectivity index (χ2v) is 11.6. The first-order chi connectivity index (χ1) is 19.7. The highest BCUT2D eigenvalue weighted by Crippen LogP contribution is 2.39. The third kappa shape index (κ3) is 9.81. The quantitative estimate of drug-likeness (QED) is 0.109. The fourth-order valence-electron chi connectivity index (χ4n) is 3.50. The molecule has 0 N–H and O–H groups in total. The van der Waals surface area contributed by atoms with Crippen LogP contribution >= 0.6 is 54.5 Å². The van der Waals surface area contributed by atoms with Gasteiger partial charge in [-0.3, -0.25) is 9.97 Å². The Kier molecular flexibility index (Phi) is 14.4. The molecule has 40 heavy (non-hydrogen) atoms. The Morgan fingerprint density at radius 1 is 0.925 bits per heavy atom. The third-order valence-corrected chi connectivity index (χ3v) is 8.05. The minimum absolute atomic E-state index is 0.373. The molecule has 0 radical (unpaired) electrons. The summed E-state index contributed by atoms with van der Waals surface area (Å²) in [5, 5.41) is 16.0. The first kappa shape index (κ1) is 31.9. The summed E-state index contributed by atoms with van der Waals surface area (Å²) in [6, 6.07) is 13.5. The molecule has 5 rings (SSSR count). The van der Waals surface area contributed by atoms with Gasteiger partial charge in [0.25, 0.3) is 5.54 Å². The Labute approximate surface area is 259 Å². The molecule has 1 aliphatic rings. The Morgan fingerprint density at radius 3 is 2.05 bits per heavy atom. The van der Waals surface area contributed by atoms with Crippen LogP contribution in [0.3, 0.4) is 0 Å². The summed E-state index contributed by atoms with van der Waals surface area (Å²) >= 11 is 9.53. The van der Waals surface area contributed by atoms with Crippen molar-refractivity contribution >= 4 is 54.5 Å². The van der Waals surface area contributed by atoms with Crippen molar-refractivity contribution in [3.05, 3.63) is 81.0 Å². The lowest BCUT2D eigenvalue weighted by molar-refractivity contribution is 0.0646. The summed E-state index contributed by atoms with van der Waals surface area (Å²) in [5.74, 6) is 0. The minimum atomic E-state index is -0.490. The van der Waals surface area contributed by atoms with Crippen LogP contribution < -0.4 is 0 Å². The molecule has 0 aliphatic carbocycles. The fourth-order valence-corrected chi connectivity index (χ4v) is 5.70. The summed E-state index contributed by atoms with van der Waals surface area (Å²) in [7, 11) is 0. The van der Waals surface area contributed by atoms with Crippen LogP contribution in [0, 0.1) is 17.9 Å². The summed E-state index contributed by atoms with van der Waals surface area (Å²) in [4.78, 5) is 21.3. The summed E-state index contributed by atoms with van der Waals surface area (Å²) in [6.45, 7) is 10.4. The van der Waals surface area contributed by atoms with Crippen LogP contribution in [0.1, 0.15) is 22.9 Å². The minimum Gasteiger partial charge on any atom is -0.381 e. The van der Waals surface area contributed by atoms with E-state index in [2.05, 4.69) is 62.7 Å². The monoisotopic (exact) mass is 702 g/mol. The average molecular weight is 705 g/mol. The van der Waals surface area contributed by atoms with Crippen molar-refractivity contribution < 1.29 is 9.47 Å². The number of hydrogen-bond donors (Lipinski definition) is 0. The van der Waals surface area contributed by atoms with Gasteiger partial charge in [0.2, 0.25) is 0 Å². The maximum atomic E-state index is 8.50. The Bertz CT molecular complexity index is 1350. The van der Waals surface area contributed by atoms with Gasteiger partial charge in [-0.1, -0.05) is 44.0 Å². The second-order valence-electron chi connectivity index (χ2n) is 8.18. The molecule has 1 fully saturated rings. The molecule has 0 bridgehead atoms. The molecule has 0 atom stereocenters. The number of hydrogen-bond acceptors (Lipinski definition) is 9. The maximum absolute atomic E-state index is 8.50. The number of rotatable bonds is 8. The molecule has 0 aromatic carbocycles. The van der Waals surface area contributed by atoms with Gasteiger partial charge in [-0.25, -0.2) is 16.5 Å². The van der Waals surface area contributed by atoms with E-state index in [-0.39, 0.29) is 0 Å². The number of ether oxygens (including phenoxy) is 2. The van der Waals surface area contributed by atoms with Crippen LogP contribution in [-0.2, 0) is 21.4 Å². The van der Waals surface area contributed by atoms with E-state index < -0.39 is 5.54 Å². The van der Waals surface area contributed by atoms with Gasteiger partial charge in [0.05, 0.1) is 68.8 Å². The van der Waals surface area contributed by atoms with Crippen molar-refractivity contribution in [1.29, 1.82) is 5.26 Å². The number of halogens is 2. The first-order valence-electron chi connectivity index (χ1n) is 12.4. The topological polar surface area (TPSA) is 98.2 Å². The standard InChI is InChI=1S/C14H13N3OS.C10H7N3S.C4H8Br2O/c1-15-14(5-8-18-9-6-14)13-17-12(10-19-13)11-4-2-3-7-16-11;11-5-4-10-13-9(7-14-10)8-3-1-2-6-12-8;5-1-3-7-4-2-6/h2-4,7,10H,5-6,8-9H2;1-3,6-7H,4H2;1-4H2. The van der Waals surface area contributed by atoms with Crippen LogP contribution in [0.4, 0.5) is 0 Å². The van der Waals surface area contributed by atoms with Crippen LogP contribution in [0.25, 0.3) is 27.6 Å². The zero-order valence-electron chi connectivity index (χ0n) is 21.7. The summed E-state index contributed by atoms with van der Waals surface area (Å²) < 4.78 is 10.4. The second kappa shape index (κ2) is 18.0. The van der Waals surface area contributed by atoms with E-state index in [0.717, 1.165) is 69.5 Å². The van der Waals surface area contributed by atoms with Crippen molar-refractivity contribution in [2.75, 3.05) is 37.1 Å². The fraction of sp³-hybridized carbons (Fsp3) is 0.357. The van der Waals surface area contributed by atoms with E-state index >= 15 is 0 Å². The Morgan fingerprint density at radius 2 is 1.52 bits per heavy atom. The van der Waals surface area contributed by atoms with E-state index in [0.29, 0.717) is 19.6 Å². The van der Waals surface area contributed by atoms with Crippen molar-refractivity contribution in [3.63, 3.8) is 0 Å². The smallest absolute Gasteiger partial charge is 0.287 e. The molecule has 8 nitrogen and oxygen atoms in total. The summed E-state index contributed by atoms with van der Waals surface area (Å²) in [5.41, 5.74) is 2.93. The van der Waals surface area contributed by atoms with Gasteiger partial charge in [0, 0.05) is 33.8 Å². The van der Waals surface area contributed by atoms with Gasteiger partial charge < -0.3 is 14.3 Å². The van der Waals surface area contributed by atoms with E-state index in [1.54, 1.807) is 23.7 Å². The number of aromatic nitrogens is 4. The molecule has 0 spiro atoms. The molecule has 0 amide bonds. The molecule has 1 aliphatic heterocycles. The molecule has 12 heteroatoms. The largest absolute Gasteiger partial charge is 0.381 e. The van der Waals surface area contributed by atoms with Crippen molar-refractivity contribution in [1.82, 2.24) is 19.9 Å². The first-order valence-corrected chi connectivity index (χ1v) is 16.4. The van der Waals surface area contributed by atoms with Gasteiger partial charge in [-0.15, -0.1) is 22.7 Å². The molecule has 208 valence electrons. The highest BCUT2D eigenvalue weighted by atomic mass is 79.9. The highest BCUT2D eigenvalue weighted by molar-refractivity contribution is 9.09. The number of thiazole rings is 2. The molecular formula is C28H28Br2N6O2S2. The zero-order valence-corrected chi connectivity index (χ0v) is 26.5. The third-order valence-electron chi connectivity index (χ3n) is 5.52. The normalized spacial score (nSPS) is 13.5. The van der Waals surface area contributed by atoms with Crippen LogP contribution in [0.5, 0.6) is 0 Å². The van der Waals surface area contributed by atoms with E-state index in [4.69, 9.17) is 21.3 Å². The Balaban J connectivity index is 0.000000185. The number of alkyl halides is 2. The number of nitrogens with zero attached hydrogens (tertiary/aromatic N) is 6. The molecule has 0 saturated carbocycles. The molecule has 1 saturated heterocycles. The zero-order chi connectivity index (χ0) is 28.5. The molecule has 0 unspecified atom stereocenters. The van der Waals surface area contributed by atoms with Gasteiger partial charge >= 0.3 is 0 Å². The van der Waals surface area contributed by atoms with Gasteiger partial charge in [0.1, 0.15) is 10.7 Å². The van der Waals surface area contributed by atoms with Crippen molar-refractivity contribution in [2.24, 2.45) is 0 Å². The lowest BCUT2D eigenvalue weighted by Gasteiger charge is -2.24. The summed E-state index contributed by atoms with van der Waals surface area (Å²) in [6.07, 6.45) is 5.32. The molecule has 4 aromatic rings. The van der Waals surface area contributed by atoms with Crippen LogP contribution in [0.2, 0.25) is 0 Å². The van der Waals surface area contributed by atoms with Gasteiger partial charge in [-0.05, 0) is 24.3 Å². The lowest BCUT2D eigenvalue weighted by atomic mass is 9.92. The lowest BCUT2D eigenvalue weighted by Crippen LogP contribution is -2.30. The molecule has 4 aromatic heterocycles. The predicted octanol–water partition coefficient (Wildman–Crippen LogP) is 7.19. The average Bonchev–Trinajstić information content (AvgIpc) is 3.71. The van der Waals surface area contributed by atoms with E-state index in [9.17, 15) is 0 Å². The molecular weight excluding hydrogens is 676 g/mol. The molecule has 5 heterocycles. The predicted molar refractivity (Wildman–Crippen MR) is 167 cm³/mol. The van der Waals surface area contributed by atoms with Crippen molar-refractivity contribution in [3.8, 4) is 28.8 Å². The maximum Gasteiger partial charge on any atom is 0.287 e. The van der Waals surface area contributed by atoms with Crippen LogP contribution in [0.15, 0.2) is 59.6 Å². The van der Waals surface area contributed by atoms with E-state index in [1.165, 1.54) is 11.3 Å². The SMILES string of the molecule is BrCCOCCBr.N#CCc1nc(-c2ccccn2)cs1.[C-]#[N+]C1(c2nc(-c3ccccn3)cs2)CCOCC1.